The largest absolute Gasteiger partial charge is 0.478 e. The summed E-state index contributed by atoms with van der Waals surface area (Å²) in [6.07, 6.45) is 1.59. The smallest absolute Gasteiger partial charge is 0.337 e. The van der Waals surface area contributed by atoms with Crippen LogP contribution in [0.5, 0.6) is 0 Å². The van der Waals surface area contributed by atoms with E-state index in [2.05, 4.69) is 10.3 Å². The van der Waals surface area contributed by atoms with Gasteiger partial charge in [-0.2, -0.15) is 5.26 Å². The molecule has 0 aliphatic carbocycles. The molecule has 4 rings (SSSR count). The molecule has 0 bridgehead atoms. The van der Waals surface area contributed by atoms with Crippen molar-refractivity contribution in [1.29, 1.82) is 5.26 Å². The van der Waals surface area contributed by atoms with Gasteiger partial charge in [0, 0.05) is 41.3 Å². The van der Waals surface area contributed by atoms with Crippen molar-refractivity contribution in [2.24, 2.45) is 4.99 Å². The lowest BCUT2D eigenvalue weighted by Gasteiger charge is -2.19. The zero-order valence-electron chi connectivity index (χ0n) is 20.0. The van der Waals surface area contributed by atoms with E-state index in [1.54, 1.807) is 55.7 Å². The van der Waals surface area contributed by atoms with Crippen LogP contribution >= 0.6 is 0 Å². The second-order valence-corrected chi connectivity index (χ2v) is 8.43. The third kappa shape index (κ3) is 4.42. The van der Waals surface area contributed by atoms with Crippen LogP contribution in [-0.4, -0.2) is 24.3 Å². The molecule has 0 radical (unpaired) electrons. The number of fused-ring (bicyclic) bond motifs is 1. The number of hydrogen-bond donors (Lipinski definition) is 3. The van der Waals surface area contributed by atoms with Gasteiger partial charge >= 0.3 is 5.97 Å². The molecule has 0 aliphatic heterocycles. The number of carboxylic acids is 1. The summed E-state index contributed by atoms with van der Waals surface area (Å²) in [5.74, 6) is -0.925. The van der Waals surface area contributed by atoms with Crippen LogP contribution in [0.3, 0.4) is 0 Å². The van der Waals surface area contributed by atoms with Crippen LogP contribution < -0.4 is 16.5 Å². The van der Waals surface area contributed by atoms with Gasteiger partial charge in [-0.25, -0.2) is 4.79 Å². The zero-order valence-corrected chi connectivity index (χ0v) is 20.0. The Bertz CT molecular complexity index is 1630. The van der Waals surface area contributed by atoms with Crippen molar-refractivity contribution >= 4 is 34.5 Å². The quantitative estimate of drug-likeness (QED) is 0.256. The molecule has 1 aromatic heterocycles. The van der Waals surface area contributed by atoms with Gasteiger partial charge in [-0.3, -0.25) is 9.79 Å². The third-order valence-electron chi connectivity index (χ3n) is 5.89. The van der Waals surface area contributed by atoms with Gasteiger partial charge in [-0.05, 0) is 55.8 Å². The Hall–Kier alpha value is -4.90. The molecule has 4 N–H and O–H groups in total. The summed E-state index contributed by atoms with van der Waals surface area (Å²) in [7, 11) is 1.62. The van der Waals surface area contributed by atoms with Gasteiger partial charge in [0.05, 0.1) is 17.0 Å². The van der Waals surface area contributed by atoms with Crippen molar-refractivity contribution < 1.29 is 14.3 Å². The lowest BCUT2D eigenvalue weighted by atomic mass is 9.98. The van der Waals surface area contributed by atoms with Crippen LogP contribution in [0.15, 0.2) is 68.8 Å². The van der Waals surface area contributed by atoms with Crippen LogP contribution in [0.2, 0.25) is 0 Å². The SMILES string of the molecule is CN=Cc1cc(-c2oc3c(C(C)Nc4ccccc4C(=O)O)cc(C)cc3c(=O)c2C#N)ccc1N. The highest BCUT2D eigenvalue weighted by Gasteiger charge is 2.22. The molecular formula is C28H24N4O4. The molecular weight excluding hydrogens is 456 g/mol. The van der Waals surface area contributed by atoms with Crippen molar-refractivity contribution in [3.8, 4) is 17.4 Å². The molecule has 0 saturated carbocycles. The number of hydrogen-bond acceptors (Lipinski definition) is 7. The summed E-state index contributed by atoms with van der Waals surface area (Å²) >= 11 is 0. The van der Waals surface area contributed by atoms with Gasteiger partial charge in [0.1, 0.15) is 17.2 Å². The number of nitrogens with zero attached hydrogens (tertiary/aromatic N) is 2. The molecule has 1 atom stereocenters. The number of nitriles is 1. The summed E-state index contributed by atoms with van der Waals surface area (Å²) in [5.41, 5.74) is 9.45. The van der Waals surface area contributed by atoms with Gasteiger partial charge in [0.15, 0.2) is 5.76 Å². The van der Waals surface area contributed by atoms with E-state index in [1.165, 1.54) is 6.07 Å². The average molecular weight is 481 g/mol. The van der Waals surface area contributed by atoms with Gasteiger partial charge in [0.2, 0.25) is 5.43 Å². The van der Waals surface area contributed by atoms with E-state index in [0.29, 0.717) is 33.6 Å². The highest BCUT2D eigenvalue weighted by Crippen LogP contribution is 2.33. The number of carboxylic acid groups (broad SMARTS) is 1. The Balaban J connectivity index is 1.94. The molecule has 0 amide bonds. The van der Waals surface area contributed by atoms with Crippen molar-refractivity contribution in [2.45, 2.75) is 19.9 Å². The first kappa shape index (κ1) is 24.2. The van der Waals surface area contributed by atoms with Crippen LogP contribution in [-0.2, 0) is 0 Å². The van der Waals surface area contributed by atoms with E-state index in [4.69, 9.17) is 10.2 Å². The molecule has 180 valence electrons. The average Bonchev–Trinajstić information content (AvgIpc) is 2.85. The first-order chi connectivity index (χ1) is 17.2. The molecule has 0 spiro atoms. The number of nitrogens with one attached hydrogen (secondary N) is 1. The van der Waals surface area contributed by atoms with Crippen LogP contribution in [0.1, 0.15) is 45.6 Å². The molecule has 4 aromatic rings. The lowest BCUT2D eigenvalue weighted by Crippen LogP contribution is -2.14. The second kappa shape index (κ2) is 9.76. The van der Waals surface area contributed by atoms with E-state index in [-0.39, 0.29) is 22.3 Å². The van der Waals surface area contributed by atoms with Crippen molar-refractivity contribution in [3.63, 3.8) is 0 Å². The van der Waals surface area contributed by atoms with Crippen molar-refractivity contribution in [1.82, 2.24) is 0 Å². The molecule has 3 aromatic carbocycles. The Morgan fingerprint density at radius 1 is 1.22 bits per heavy atom. The standard InChI is InChI=1S/C28H24N4O4/c1-15-10-20(16(2)32-24-7-5-4-6-19(24)28(34)35)27-21(11-15)25(33)22(13-29)26(36-27)17-8-9-23(30)18(12-17)14-31-3/h4-12,14,16,32H,30H2,1-3H3,(H,34,35). The number of rotatable bonds is 6. The summed E-state index contributed by atoms with van der Waals surface area (Å²) in [6.45, 7) is 3.69. The molecule has 8 heteroatoms. The van der Waals surface area contributed by atoms with E-state index < -0.39 is 17.4 Å². The normalized spacial score (nSPS) is 11.9. The van der Waals surface area contributed by atoms with Gasteiger partial charge < -0.3 is 20.6 Å². The summed E-state index contributed by atoms with van der Waals surface area (Å²) in [5, 5.41) is 22.9. The molecule has 0 aliphatic rings. The summed E-state index contributed by atoms with van der Waals surface area (Å²) < 4.78 is 6.28. The maximum absolute atomic E-state index is 13.4. The van der Waals surface area contributed by atoms with Gasteiger partial charge in [-0.15, -0.1) is 0 Å². The third-order valence-corrected chi connectivity index (χ3v) is 5.89. The fraction of sp³-hybridized carbons (Fsp3) is 0.143. The fourth-order valence-electron chi connectivity index (χ4n) is 4.17. The van der Waals surface area contributed by atoms with E-state index in [1.807, 2.05) is 26.0 Å². The number of carbonyl (C=O) groups is 1. The first-order valence-electron chi connectivity index (χ1n) is 11.2. The van der Waals surface area contributed by atoms with Gasteiger partial charge in [-0.1, -0.05) is 18.2 Å². The highest BCUT2D eigenvalue weighted by molar-refractivity contribution is 5.94. The van der Waals surface area contributed by atoms with E-state index >= 15 is 0 Å². The Morgan fingerprint density at radius 2 is 1.97 bits per heavy atom. The minimum Gasteiger partial charge on any atom is -0.478 e. The summed E-state index contributed by atoms with van der Waals surface area (Å²) in [6, 6.07) is 16.8. The number of aliphatic imine (C=N–C) groups is 1. The maximum Gasteiger partial charge on any atom is 0.337 e. The van der Waals surface area contributed by atoms with Crippen molar-refractivity contribution in [3.05, 3.63) is 92.6 Å². The van der Waals surface area contributed by atoms with Crippen LogP contribution in [0.4, 0.5) is 11.4 Å². The number of nitrogens with two attached hydrogens (primary N) is 1. The van der Waals surface area contributed by atoms with Gasteiger partial charge in [0.25, 0.3) is 0 Å². The molecule has 0 fully saturated rings. The first-order valence-corrected chi connectivity index (χ1v) is 11.2. The van der Waals surface area contributed by atoms with Crippen LogP contribution in [0.25, 0.3) is 22.3 Å². The molecule has 1 unspecified atom stereocenters. The Kier molecular flexibility index (Phi) is 6.57. The Labute approximate surface area is 207 Å². The number of anilines is 2. The number of nitrogen functional groups attached to an aromatic ring is 1. The number of para-hydroxylation sites is 1. The zero-order chi connectivity index (χ0) is 26.0. The Morgan fingerprint density at radius 3 is 2.67 bits per heavy atom. The number of aryl methyl sites for hydroxylation is 1. The lowest BCUT2D eigenvalue weighted by molar-refractivity contribution is 0.0698. The predicted octanol–water partition coefficient (Wildman–Crippen LogP) is 5.14. The van der Waals surface area contributed by atoms with E-state index in [9.17, 15) is 20.0 Å². The molecule has 1 heterocycles. The second-order valence-electron chi connectivity index (χ2n) is 8.43. The molecule has 0 saturated heterocycles. The van der Waals surface area contributed by atoms with Crippen molar-refractivity contribution in [2.75, 3.05) is 18.1 Å². The monoisotopic (exact) mass is 480 g/mol. The summed E-state index contributed by atoms with van der Waals surface area (Å²) in [4.78, 5) is 29.1. The molecule has 36 heavy (non-hydrogen) atoms. The topological polar surface area (TPSA) is 142 Å². The number of benzene rings is 3. The minimum atomic E-state index is -1.05. The predicted molar refractivity (Wildman–Crippen MR) is 141 cm³/mol. The number of aromatic carboxylic acids is 1. The van der Waals surface area contributed by atoms with Crippen LogP contribution in [0, 0.1) is 18.3 Å². The van der Waals surface area contributed by atoms with E-state index in [0.717, 1.165) is 5.56 Å². The maximum atomic E-state index is 13.4. The minimum absolute atomic E-state index is 0.111. The molecule has 8 nitrogen and oxygen atoms in total. The highest BCUT2D eigenvalue weighted by atomic mass is 16.4. The fourth-order valence-corrected chi connectivity index (χ4v) is 4.17.